The molecule has 0 fully saturated rings. The van der Waals surface area contributed by atoms with Gasteiger partial charge in [-0.1, -0.05) is 65.8 Å². The van der Waals surface area contributed by atoms with E-state index in [2.05, 4.69) is 10.5 Å². The van der Waals surface area contributed by atoms with Crippen LogP contribution in [0.25, 0.3) is 0 Å². The SMILES string of the molecule is CC(C)(C)c1cc(CCC(=O)N/N=C\c2ccccc2OS(=O)(=O)c2ccc([N+](=O)[O-])cc2)cc(C(C)(C)C)c1O. The van der Waals surface area contributed by atoms with E-state index in [4.69, 9.17) is 4.18 Å². The lowest BCUT2D eigenvalue weighted by Crippen LogP contribution is -2.20. The van der Waals surface area contributed by atoms with Gasteiger partial charge in [0.15, 0.2) is 5.75 Å². The highest BCUT2D eigenvalue weighted by molar-refractivity contribution is 7.87. The topological polar surface area (TPSA) is 148 Å². The van der Waals surface area contributed by atoms with Gasteiger partial charge in [0, 0.05) is 24.1 Å². The zero-order chi connectivity index (χ0) is 30.6. The van der Waals surface area contributed by atoms with Gasteiger partial charge in [0.1, 0.15) is 10.6 Å². The Hall–Kier alpha value is -4.25. The monoisotopic (exact) mass is 581 g/mol. The number of phenols is 1. The van der Waals surface area contributed by atoms with E-state index in [0.717, 1.165) is 41.0 Å². The predicted octanol–water partition coefficient (Wildman–Crippen LogP) is 5.75. The van der Waals surface area contributed by atoms with Gasteiger partial charge in [0.05, 0.1) is 11.1 Å². The standard InChI is InChI=1S/C30H35N3O7S/c1-29(2,3)24-17-20(18-25(28(24)35)30(4,5)6)11-16-27(34)32-31-19-21-9-7-8-10-26(21)40-41(38,39)23-14-12-22(13-15-23)33(36)37/h7-10,12-15,17-19,35H,11,16H2,1-6H3,(H,32,34)/b31-19-. The first-order valence-corrected chi connectivity index (χ1v) is 14.4. The molecular formula is C30H35N3O7S. The van der Waals surface area contributed by atoms with Crippen molar-refractivity contribution in [1.29, 1.82) is 0 Å². The third-order valence-corrected chi connectivity index (χ3v) is 7.52. The van der Waals surface area contributed by atoms with Crippen LogP contribution in [0.2, 0.25) is 0 Å². The predicted molar refractivity (Wildman–Crippen MR) is 157 cm³/mol. The first-order chi connectivity index (χ1) is 19.0. The van der Waals surface area contributed by atoms with E-state index >= 15 is 0 Å². The first kappa shape index (κ1) is 31.3. The van der Waals surface area contributed by atoms with Gasteiger partial charge in [-0.2, -0.15) is 13.5 Å². The second-order valence-electron chi connectivity index (χ2n) is 11.7. The molecule has 3 aromatic rings. The maximum atomic E-state index is 12.7. The zero-order valence-electron chi connectivity index (χ0n) is 24.0. The Morgan fingerprint density at radius 1 is 1.00 bits per heavy atom. The lowest BCUT2D eigenvalue weighted by Gasteiger charge is -2.28. The Morgan fingerprint density at radius 3 is 2.10 bits per heavy atom. The molecule has 0 unspecified atom stereocenters. The normalized spacial score (nSPS) is 12.3. The lowest BCUT2D eigenvalue weighted by molar-refractivity contribution is -0.384. The van der Waals surface area contributed by atoms with Crippen LogP contribution in [0, 0.1) is 10.1 Å². The van der Waals surface area contributed by atoms with Crippen molar-refractivity contribution < 1.29 is 27.4 Å². The molecule has 11 heteroatoms. The molecule has 1 amide bonds. The van der Waals surface area contributed by atoms with Crippen LogP contribution < -0.4 is 9.61 Å². The maximum absolute atomic E-state index is 12.7. The molecular weight excluding hydrogens is 546 g/mol. The minimum Gasteiger partial charge on any atom is -0.507 e. The van der Waals surface area contributed by atoms with Gasteiger partial charge in [-0.3, -0.25) is 14.9 Å². The average molecular weight is 582 g/mol. The molecule has 0 aliphatic carbocycles. The second kappa shape index (κ2) is 12.1. The number of amides is 1. The van der Waals surface area contributed by atoms with Gasteiger partial charge in [0.25, 0.3) is 5.69 Å². The summed E-state index contributed by atoms with van der Waals surface area (Å²) in [6, 6.07) is 14.4. The molecule has 0 aromatic heterocycles. The number of benzene rings is 3. The number of para-hydroxylation sites is 1. The van der Waals surface area contributed by atoms with Gasteiger partial charge >= 0.3 is 10.1 Å². The molecule has 3 rings (SSSR count). The van der Waals surface area contributed by atoms with E-state index in [0.29, 0.717) is 12.0 Å². The van der Waals surface area contributed by atoms with E-state index in [1.807, 2.05) is 53.7 Å². The zero-order valence-corrected chi connectivity index (χ0v) is 24.8. The Balaban J connectivity index is 1.70. The van der Waals surface area contributed by atoms with E-state index < -0.39 is 15.0 Å². The van der Waals surface area contributed by atoms with Crippen LogP contribution in [0.4, 0.5) is 5.69 Å². The number of non-ortho nitro benzene ring substituents is 1. The summed E-state index contributed by atoms with van der Waals surface area (Å²) in [6.07, 6.45) is 1.84. The minimum absolute atomic E-state index is 0.0302. The summed E-state index contributed by atoms with van der Waals surface area (Å²) in [5.41, 5.74) is 4.49. The van der Waals surface area contributed by atoms with Crippen LogP contribution in [-0.2, 0) is 32.2 Å². The number of nitrogens with one attached hydrogen (secondary N) is 1. The maximum Gasteiger partial charge on any atom is 0.339 e. The molecule has 10 nitrogen and oxygen atoms in total. The summed E-state index contributed by atoms with van der Waals surface area (Å²) in [7, 11) is -4.28. The van der Waals surface area contributed by atoms with Gasteiger partial charge in [-0.25, -0.2) is 5.43 Å². The van der Waals surface area contributed by atoms with Crippen molar-refractivity contribution >= 4 is 27.9 Å². The molecule has 0 saturated heterocycles. The highest BCUT2D eigenvalue weighted by atomic mass is 32.2. The van der Waals surface area contributed by atoms with Crippen LogP contribution in [0.15, 0.2) is 70.7 Å². The second-order valence-corrected chi connectivity index (χ2v) is 13.2. The molecule has 41 heavy (non-hydrogen) atoms. The number of nitro benzene ring substituents is 1. The fourth-order valence-electron chi connectivity index (χ4n) is 4.03. The molecule has 0 aliphatic rings. The number of rotatable bonds is 9. The van der Waals surface area contributed by atoms with Crippen molar-refractivity contribution in [2.75, 3.05) is 0 Å². The fourth-order valence-corrected chi connectivity index (χ4v) is 4.99. The van der Waals surface area contributed by atoms with Crippen molar-refractivity contribution in [3.63, 3.8) is 0 Å². The van der Waals surface area contributed by atoms with Crippen LogP contribution in [0.5, 0.6) is 11.5 Å². The number of hydrogen-bond acceptors (Lipinski definition) is 8. The van der Waals surface area contributed by atoms with Crippen molar-refractivity contribution in [2.45, 2.75) is 70.1 Å². The van der Waals surface area contributed by atoms with E-state index in [1.54, 1.807) is 18.2 Å². The first-order valence-electron chi connectivity index (χ1n) is 13.0. The van der Waals surface area contributed by atoms with Crippen molar-refractivity contribution in [3.05, 3.63) is 93.0 Å². The smallest absolute Gasteiger partial charge is 0.339 e. The Kier molecular flexibility index (Phi) is 9.23. The molecule has 0 bridgehead atoms. The largest absolute Gasteiger partial charge is 0.507 e. The Bertz CT molecular complexity index is 1530. The van der Waals surface area contributed by atoms with Crippen molar-refractivity contribution in [3.8, 4) is 11.5 Å². The highest BCUT2D eigenvalue weighted by Crippen LogP contribution is 2.40. The lowest BCUT2D eigenvalue weighted by atomic mass is 9.78. The van der Waals surface area contributed by atoms with Gasteiger partial charge in [-0.05, 0) is 58.2 Å². The third kappa shape index (κ3) is 8.14. The number of nitrogens with zero attached hydrogens (tertiary/aromatic N) is 2. The molecule has 218 valence electrons. The summed E-state index contributed by atoms with van der Waals surface area (Å²) in [5.74, 6) is -0.0996. The molecule has 2 N–H and O–H groups in total. The van der Waals surface area contributed by atoms with Crippen LogP contribution in [-0.4, -0.2) is 30.6 Å². The number of phenolic OH excluding ortho intramolecular Hbond substituents is 1. The van der Waals surface area contributed by atoms with Crippen LogP contribution >= 0.6 is 0 Å². The summed E-state index contributed by atoms with van der Waals surface area (Å²) in [6.45, 7) is 12.2. The van der Waals surface area contributed by atoms with Gasteiger partial charge < -0.3 is 9.29 Å². The van der Waals surface area contributed by atoms with Crippen LogP contribution in [0.1, 0.15) is 70.2 Å². The molecule has 0 spiro atoms. The van der Waals surface area contributed by atoms with Gasteiger partial charge in [0.2, 0.25) is 5.91 Å². The van der Waals surface area contributed by atoms with E-state index in [1.165, 1.54) is 12.3 Å². The van der Waals surface area contributed by atoms with Crippen molar-refractivity contribution in [2.24, 2.45) is 5.10 Å². The summed E-state index contributed by atoms with van der Waals surface area (Å²) < 4.78 is 30.7. The Morgan fingerprint density at radius 2 is 1.56 bits per heavy atom. The highest BCUT2D eigenvalue weighted by Gasteiger charge is 2.26. The summed E-state index contributed by atoms with van der Waals surface area (Å²) >= 11 is 0. The molecule has 0 aliphatic heterocycles. The summed E-state index contributed by atoms with van der Waals surface area (Å²) in [5, 5.41) is 25.7. The van der Waals surface area contributed by atoms with Crippen LogP contribution in [0.3, 0.4) is 0 Å². The number of nitro groups is 1. The number of aryl methyl sites for hydroxylation is 1. The molecule has 0 radical (unpaired) electrons. The fraction of sp³-hybridized carbons (Fsp3) is 0.333. The minimum atomic E-state index is -4.28. The quantitative estimate of drug-likeness (QED) is 0.142. The van der Waals surface area contributed by atoms with E-state index in [9.17, 15) is 28.4 Å². The Labute approximate surface area is 240 Å². The average Bonchev–Trinajstić information content (AvgIpc) is 2.87. The number of carbonyl (C=O) groups excluding carboxylic acids is 1. The summed E-state index contributed by atoms with van der Waals surface area (Å²) in [4.78, 5) is 22.5. The number of hydrogen-bond donors (Lipinski definition) is 2. The third-order valence-electron chi connectivity index (χ3n) is 6.27. The number of hydrazone groups is 1. The number of aromatic hydroxyl groups is 1. The van der Waals surface area contributed by atoms with Crippen molar-refractivity contribution in [1.82, 2.24) is 5.43 Å². The van der Waals surface area contributed by atoms with Gasteiger partial charge in [-0.15, -0.1) is 0 Å². The molecule has 3 aromatic carbocycles. The molecule has 0 saturated carbocycles. The van der Waals surface area contributed by atoms with E-state index in [-0.39, 0.29) is 45.2 Å². The number of carbonyl (C=O) groups is 1. The molecule has 0 heterocycles. The molecule has 0 atom stereocenters.